The van der Waals surface area contributed by atoms with Crippen molar-refractivity contribution in [3.63, 3.8) is 0 Å². The van der Waals surface area contributed by atoms with Crippen LogP contribution in [0.25, 0.3) is 0 Å². The maximum absolute atomic E-state index is 13.5. The van der Waals surface area contributed by atoms with Gasteiger partial charge in [0.25, 0.3) is 0 Å². The van der Waals surface area contributed by atoms with Gasteiger partial charge in [-0.1, -0.05) is 17.7 Å². The number of nitrogens with zero attached hydrogens (tertiary/aromatic N) is 2. The number of rotatable bonds is 4. The number of carbonyl (C=O) groups excluding carboxylic acids is 2. The molecular weight excluding hydrogens is 354 g/mol. The number of amides is 3. The second kappa shape index (κ2) is 7.02. The second-order valence-electron chi connectivity index (χ2n) is 5.45. The Morgan fingerprint density at radius 2 is 2.16 bits per heavy atom. The molecule has 3 amide bonds. The Hall–Kier alpha value is -2.74. The Bertz CT molecular complexity index is 847. The van der Waals surface area contributed by atoms with E-state index in [9.17, 15) is 18.4 Å². The lowest BCUT2D eigenvalue weighted by Crippen LogP contribution is -2.44. The lowest BCUT2D eigenvalue weighted by atomic mass is 10.1. The van der Waals surface area contributed by atoms with E-state index in [4.69, 9.17) is 11.6 Å². The summed E-state index contributed by atoms with van der Waals surface area (Å²) in [5, 5.41) is 5.49. The third kappa shape index (κ3) is 3.85. The van der Waals surface area contributed by atoms with E-state index in [0.29, 0.717) is 16.3 Å². The number of urea groups is 1. The van der Waals surface area contributed by atoms with Crippen LogP contribution in [-0.2, 0) is 17.9 Å². The highest BCUT2D eigenvalue weighted by atomic mass is 35.5. The maximum Gasteiger partial charge on any atom is 0.322 e. The second-order valence-corrected chi connectivity index (χ2v) is 5.85. The molecule has 0 saturated heterocycles. The van der Waals surface area contributed by atoms with Gasteiger partial charge in [0.15, 0.2) is 0 Å². The number of anilines is 1. The molecule has 130 valence electrons. The van der Waals surface area contributed by atoms with Crippen LogP contribution in [0.3, 0.4) is 0 Å². The maximum atomic E-state index is 13.5. The molecule has 0 aliphatic carbocycles. The molecular formula is C16H13ClF2N4O2. The standard InChI is InChI=1S/C16H13ClF2N4O2/c17-12-5-20-6-14-11(12)7-23(16(25)22-14)8-15(24)21-4-9-1-2-10(18)3-13(9)19/h1-3,5-6H,4,7-8H2,(H,21,24)(H,22,25). The van der Waals surface area contributed by atoms with Crippen LogP contribution in [0.5, 0.6) is 0 Å². The van der Waals surface area contributed by atoms with Crippen molar-refractivity contribution < 1.29 is 18.4 Å². The van der Waals surface area contributed by atoms with Crippen LogP contribution in [0, 0.1) is 11.6 Å². The minimum atomic E-state index is -0.746. The zero-order valence-corrected chi connectivity index (χ0v) is 13.6. The monoisotopic (exact) mass is 366 g/mol. The minimum Gasteiger partial charge on any atom is -0.350 e. The van der Waals surface area contributed by atoms with Crippen molar-refractivity contribution in [2.75, 3.05) is 11.9 Å². The van der Waals surface area contributed by atoms with Crippen molar-refractivity contribution in [2.45, 2.75) is 13.1 Å². The number of nitrogens with one attached hydrogen (secondary N) is 2. The third-order valence-corrected chi connectivity index (χ3v) is 4.03. The Morgan fingerprint density at radius 1 is 1.36 bits per heavy atom. The van der Waals surface area contributed by atoms with Crippen molar-refractivity contribution in [1.82, 2.24) is 15.2 Å². The van der Waals surface area contributed by atoms with Crippen LogP contribution in [0.15, 0.2) is 30.6 Å². The quantitative estimate of drug-likeness (QED) is 0.873. The predicted octanol–water partition coefficient (Wildman–Crippen LogP) is 2.68. The molecule has 0 radical (unpaired) electrons. The van der Waals surface area contributed by atoms with Gasteiger partial charge >= 0.3 is 6.03 Å². The number of pyridine rings is 1. The fourth-order valence-corrected chi connectivity index (χ4v) is 2.62. The summed E-state index contributed by atoms with van der Waals surface area (Å²) >= 11 is 6.05. The summed E-state index contributed by atoms with van der Waals surface area (Å²) in [4.78, 5) is 29.2. The zero-order valence-electron chi connectivity index (χ0n) is 12.9. The van der Waals surface area contributed by atoms with E-state index in [1.165, 1.54) is 23.4 Å². The van der Waals surface area contributed by atoms with E-state index < -0.39 is 23.6 Å². The molecule has 0 saturated carbocycles. The number of fused-ring (bicyclic) bond motifs is 1. The van der Waals surface area contributed by atoms with Gasteiger partial charge in [-0.15, -0.1) is 0 Å². The topological polar surface area (TPSA) is 74.3 Å². The van der Waals surface area contributed by atoms with E-state index in [-0.39, 0.29) is 25.2 Å². The normalized spacial score (nSPS) is 13.2. The molecule has 3 rings (SSSR count). The molecule has 0 spiro atoms. The first-order valence-electron chi connectivity index (χ1n) is 7.33. The molecule has 1 aromatic heterocycles. The summed E-state index contributed by atoms with van der Waals surface area (Å²) in [5.41, 5.74) is 1.31. The van der Waals surface area contributed by atoms with Crippen molar-refractivity contribution in [2.24, 2.45) is 0 Å². The Morgan fingerprint density at radius 3 is 2.92 bits per heavy atom. The SMILES string of the molecule is O=C(CN1Cc2c(Cl)cncc2NC1=O)NCc1ccc(F)cc1F. The number of carbonyl (C=O) groups is 2. The summed E-state index contributed by atoms with van der Waals surface area (Å²) in [6.45, 7) is -0.185. The molecule has 1 aromatic carbocycles. The largest absolute Gasteiger partial charge is 0.350 e. The van der Waals surface area contributed by atoms with Crippen molar-refractivity contribution >= 4 is 29.2 Å². The molecule has 2 heterocycles. The first-order valence-corrected chi connectivity index (χ1v) is 7.71. The number of benzene rings is 1. The van der Waals surface area contributed by atoms with Gasteiger partial charge in [-0.25, -0.2) is 13.6 Å². The van der Waals surface area contributed by atoms with E-state index in [0.717, 1.165) is 12.1 Å². The highest BCUT2D eigenvalue weighted by Crippen LogP contribution is 2.28. The molecule has 0 atom stereocenters. The average molecular weight is 367 g/mol. The van der Waals surface area contributed by atoms with Gasteiger partial charge in [0.05, 0.1) is 23.5 Å². The first kappa shape index (κ1) is 17.1. The van der Waals surface area contributed by atoms with E-state index in [1.54, 1.807) is 0 Å². The van der Waals surface area contributed by atoms with Gasteiger partial charge in [0.2, 0.25) is 5.91 Å². The summed E-state index contributed by atoms with van der Waals surface area (Å²) in [5.74, 6) is -1.92. The van der Waals surface area contributed by atoms with Crippen LogP contribution in [0.1, 0.15) is 11.1 Å². The highest BCUT2D eigenvalue weighted by molar-refractivity contribution is 6.31. The summed E-state index contributed by atoms with van der Waals surface area (Å²) in [7, 11) is 0. The Balaban J connectivity index is 1.61. The fraction of sp³-hybridized carbons (Fsp3) is 0.188. The number of hydrogen-bond acceptors (Lipinski definition) is 3. The predicted molar refractivity (Wildman–Crippen MR) is 86.9 cm³/mol. The van der Waals surface area contributed by atoms with Gasteiger partial charge in [-0.05, 0) is 6.07 Å². The molecule has 0 fully saturated rings. The zero-order chi connectivity index (χ0) is 18.0. The van der Waals surface area contributed by atoms with Gasteiger partial charge in [-0.3, -0.25) is 9.78 Å². The Labute approximate surface area is 146 Å². The van der Waals surface area contributed by atoms with Gasteiger partial charge in [0, 0.05) is 29.9 Å². The van der Waals surface area contributed by atoms with Gasteiger partial charge < -0.3 is 15.5 Å². The molecule has 9 heteroatoms. The Kier molecular flexibility index (Phi) is 4.80. The summed E-state index contributed by atoms with van der Waals surface area (Å²) in [6.07, 6.45) is 2.93. The van der Waals surface area contributed by atoms with E-state index in [1.807, 2.05) is 0 Å². The number of hydrogen-bond donors (Lipinski definition) is 2. The number of aromatic nitrogens is 1. The highest BCUT2D eigenvalue weighted by Gasteiger charge is 2.26. The van der Waals surface area contributed by atoms with Crippen LogP contribution < -0.4 is 10.6 Å². The van der Waals surface area contributed by atoms with Crippen molar-refractivity contribution in [3.8, 4) is 0 Å². The lowest BCUT2D eigenvalue weighted by molar-refractivity contribution is -0.121. The van der Waals surface area contributed by atoms with Gasteiger partial charge in [0.1, 0.15) is 18.2 Å². The summed E-state index contributed by atoms with van der Waals surface area (Å²) < 4.78 is 26.4. The molecule has 1 aliphatic rings. The minimum absolute atomic E-state index is 0.109. The molecule has 2 aromatic rings. The van der Waals surface area contributed by atoms with Crippen LogP contribution in [0.4, 0.5) is 19.3 Å². The first-order chi connectivity index (χ1) is 11.9. The molecule has 2 N–H and O–H groups in total. The van der Waals surface area contributed by atoms with Crippen LogP contribution in [-0.4, -0.2) is 28.4 Å². The molecule has 25 heavy (non-hydrogen) atoms. The average Bonchev–Trinajstić information content (AvgIpc) is 2.55. The van der Waals surface area contributed by atoms with Crippen LogP contribution in [0.2, 0.25) is 5.02 Å². The molecule has 0 bridgehead atoms. The molecule has 6 nitrogen and oxygen atoms in total. The van der Waals surface area contributed by atoms with Crippen LogP contribution >= 0.6 is 11.6 Å². The molecule has 0 unspecified atom stereocenters. The molecule has 1 aliphatic heterocycles. The van der Waals surface area contributed by atoms with Crippen molar-refractivity contribution in [3.05, 3.63) is 58.4 Å². The fourth-order valence-electron chi connectivity index (χ4n) is 2.40. The lowest BCUT2D eigenvalue weighted by Gasteiger charge is -2.29. The van der Waals surface area contributed by atoms with E-state index in [2.05, 4.69) is 15.6 Å². The van der Waals surface area contributed by atoms with Gasteiger partial charge in [-0.2, -0.15) is 0 Å². The summed E-state index contributed by atoms with van der Waals surface area (Å²) in [6, 6.07) is 2.64. The smallest absolute Gasteiger partial charge is 0.322 e. The van der Waals surface area contributed by atoms with E-state index >= 15 is 0 Å². The third-order valence-electron chi connectivity index (χ3n) is 3.71. The van der Waals surface area contributed by atoms with Crippen molar-refractivity contribution in [1.29, 1.82) is 0 Å². The number of halogens is 3.